The largest absolute Gasteiger partial charge is 0.417 e. The van der Waals surface area contributed by atoms with E-state index >= 15 is 13.2 Å². The van der Waals surface area contributed by atoms with Crippen LogP contribution in [0, 0.1) is 5.82 Å². The van der Waals surface area contributed by atoms with Gasteiger partial charge in [-0.2, -0.15) is 18.2 Å². The van der Waals surface area contributed by atoms with E-state index in [1.165, 1.54) is 16.7 Å². The van der Waals surface area contributed by atoms with E-state index in [9.17, 15) is 14.0 Å². The van der Waals surface area contributed by atoms with Gasteiger partial charge in [0.05, 0.1) is 39.5 Å². The van der Waals surface area contributed by atoms with Crippen molar-refractivity contribution in [2.75, 3.05) is 29.5 Å². The highest BCUT2D eigenvalue weighted by Gasteiger charge is 2.40. The van der Waals surface area contributed by atoms with E-state index in [2.05, 4.69) is 16.5 Å². The normalized spacial score (nSPS) is 20.6. The number of amides is 1. The first-order valence-corrected chi connectivity index (χ1v) is 16.8. The smallest absolute Gasteiger partial charge is 0.375 e. The van der Waals surface area contributed by atoms with Crippen LogP contribution in [-0.2, 0) is 22.3 Å². The number of alkyl halides is 3. The number of hydrogen-bond donors (Lipinski definition) is 1. The Morgan fingerprint density at radius 3 is 2.43 bits per heavy atom. The third-order valence-electron chi connectivity index (χ3n) is 8.25. The first-order chi connectivity index (χ1) is 22.0. The molecule has 1 unspecified atom stereocenters. The summed E-state index contributed by atoms with van der Waals surface area (Å²) in [6, 6.07) is 2.72. The van der Waals surface area contributed by atoms with Gasteiger partial charge in [-0.05, 0) is 58.9 Å². The van der Waals surface area contributed by atoms with Gasteiger partial charge in [-0.25, -0.2) is 14.2 Å². The summed E-state index contributed by atoms with van der Waals surface area (Å²) in [7, 11) is 0. The molecule has 1 fully saturated rings. The number of nitrogens with two attached hydrogens (primary N) is 1. The minimum atomic E-state index is -4.86. The molecule has 1 saturated heterocycles. The van der Waals surface area contributed by atoms with Gasteiger partial charge in [0.15, 0.2) is 5.13 Å². The Morgan fingerprint density at radius 2 is 1.81 bits per heavy atom. The summed E-state index contributed by atoms with van der Waals surface area (Å²) >= 11 is 2.00. The zero-order chi connectivity index (χ0) is 34.2. The molecular formula is C32H34F4N6O3S2. The molecule has 4 heterocycles. The molecule has 0 aliphatic carbocycles. The van der Waals surface area contributed by atoms with Crippen LogP contribution in [0.25, 0.3) is 32.2 Å². The number of thioether (sulfide) groups is 1. The number of carbonyl (C=O) groups excluding carboxylic acids is 1. The van der Waals surface area contributed by atoms with E-state index in [0.717, 1.165) is 35.2 Å². The summed E-state index contributed by atoms with van der Waals surface area (Å²) < 4.78 is 68.3. The van der Waals surface area contributed by atoms with Crippen molar-refractivity contribution in [1.82, 2.24) is 19.4 Å². The Morgan fingerprint density at radius 1 is 1.13 bits per heavy atom. The first-order valence-electron chi connectivity index (χ1n) is 15.0. The second kappa shape index (κ2) is 11.8. The lowest BCUT2D eigenvalue weighted by Crippen LogP contribution is -2.58. The number of anilines is 2. The predicted octanol–water partition coefficient (Wildman–Crippen LogP) is 6.31. The Hall–Kier alpha value is -3.69. The van der Waals surface area contributed by atoms with Crippen molar-refractivity contribution < 1.29 is 27.1 Å². The lowest BCUT2D eigenvalue weighted by molar-refractivity contribution is -0.137. The highest BCUT2D eigenvalue weighted by atomic mass is 32.2. The fourth-order valence-electron chi connectivity index (χ4n) is 6.67. The van der Waals surface area contributed by atoms with Crippen molar-refractivity contribution in [3.8, 4) is 11.1 Å². The lowest BCUT2D eigenvalue weighted by Gasteiger charge is -2.44. The number of ether oxygens (including phenoxy) is 1. The van der Waals surface area contributed by atoms with E-state index in [4.69, 9.17) is 10.5 Å². The summed E-state index contributed by atoms with van der Waals surface area (Å²) in [4.78, 5) is 38.8. The van der Waals surface area contributed by atoms with Crippen LogP contribution in [0.2, 0.25) is 0 Å². The molecule has 2 N–H and O–H groups in total. The molecule has 250 valence electrons. The number of nitrogen functional groups attached to an aromatic ring is 1. The molecule has 3 atom stereocenters. The van der Waals surface area contributed by atoms with Crippen LogP contribution < -0.4 is 16.3 Å². The minimum Gasteiger partial charge on any atom is -0.375 e. The minimum absolute atomic E-state index is 0.00905. The molecule has 2 aromatic heterocycles. The number of benzene rings is 2. The van der Waals surface area contributed by atoms with Gasteiger partial charge in [0.1, 0.15) is 11.6 Å². The lowest BCUT2D eigenvalue weighted by atomic mass is 9.95. The standard InChI is InChI=1S/C32H34F4N6O3S2/c1-7-22(43)42-15(2)11-40(12-16(42)3)28-19-10-20(32(34,35)36)23(18-8-9-21(33)26-24(18)38-29(37)47-26)27-25(19)41(30(44)39-28)13-17(14-46-27)45-31(4,5)6/h7-10,15-17H,1,11-14H2,2-6H3,(H2,37,38)/t15-,16+,17?. The molecule has 9 nitrogen and oxygen atoms in total. The fraction of sp³-hybridized carbons (Fsp3) is 0.438. The Bertz CT molecular complexity index is 1970. The molecule has 2 aromatic carbocycles. The number of rotatable bonds is 4. The SMILES string of the molecule is C=CC(=O)N1[C@H](C)CN(c2nc(=O)n3c4c(c(-c5ccc(F)c6sc(N)nc56)c(C(F)(F)F)cc24)SCC(OC(C)(C)C)C3)C[C@@H]1C. The van der Waals surface area contributed by atoms with Gasteiger partial charge in [0, 0.05) is 52.3 Å². The van der Waals surface area contributed by atoms with Gasteiger partial charge < -0.3 is 20.3 Å². The van der Waals surface area contributed by atoms with Crippen LogP contribution in [-0.4, -0.2) is 68.0 Å². The molecule has 47 heavy (non-hydrogen) atoms. The molecule has 1 amide bonds. The molecule has 0 bridgehead atoms. The van der Waals surface area contributed by atoms with Gasteiger partial charge in [0.25, 0.3) is 0 Å². The van der Waals surface area contributed by atoms with Crippen LogP contribution in [0.5, 0.6) is 0 Å². The fourth-order valence-corrected chi connectivity index (χ4v) is 8.68. The van der Waals surface area contributed by atoms with Crippen molar-refractivity contribution in [2.24, 2.45) is 0 Å². The van der Waals surface area contributed by atoms with Crippen LogP contribution in [0.3, 0.4) is 0 Å². The topological polar surface area (TPSA) is 107 Å². The van der Waals surface area contributed by atoms with Crippen LogP contribution in [0.4, 0.5) is 28.5 Å². The van der Waals surface area contributed by atoms with E-state index in [0.29, 0.717) is 0 Å². The van der Waals surface area contributed by atoms with Crippen LogP contribution >= 0.6 is 23.1 Å². The number of carbonyl (C=O) groups is 1. The number of thiazole rings is 1. The summed E-state index contributed by atoms with van der Waals surface area (Å²) in [5.74, 6) is -0.575. The van der Waals surface area contributed by atoms with Gasteiger partial charge in [-0.1, -0.05) is 17.9 Å². The molecule has 2 aliphatic heterocycles. The van der Waals surface area contributed by atoms with Gasteiger partial charge >= 0.3 is 11.9 Å². The highest BCUT2D eigenvalue weighted by Crippen LogP contribution is 2.50. The monoisotopic (exact) mass is 690 g/mol. The second-order valence-corrected chi connectivity index (χ2v) is 15.0. The van der Waals surface area contributed by atoms with Crippen molar-refractivity contribution in [3.63, 3.8) is 0 Å². The number of piperazine rings is 1. The van der Waals surface area contributed by atoms with E-state index in [-0.39, 0.29) is 91.5 Å². The zero-order valence-corrected chi connectivity index (χ0v) is 28.1. The molecule has 0 radical (unpaired) electrons. The third-order valence-corrected chi connectivity index (χ3v) is 10.4. The number of fused-ring (bicyclic) bond motifs is 1. The maximum atomic E-state index is 15.2. The maximum Gasteiger partial charge on any atom is 0.417 e. The number of nitrogens with zero attached hydrogens (tertiary/aromatic N) is 5. The Labute approximate surface area is 276 Å². The van der Waals surface area contributed by atoms with Crippen molar-refractivity contribution in [3.05, 3.63) is 52.7 Å². The summed E-state index contributed by atoms with van der Waals surface area (Å²) in [5, 5.41) is 0.150. The number of aromatic nitrogens is 3. The van der Waals surface area contributed by atoms with Gasteiger partial charge in [-0.15, -0.1) is 11.8 Å². The summed E-state index contributed by atoms with van der Waals surface area (Å²) in [5.41, 5.74) is 3.82. The van der Waals surface area contributed by atoms with Crippen molar-refractivity contribution in [2.45, 2.75) is 76.0 Å². The van der Waals surface area contributed by atoms with Gasteiger partial charge in [0.2, 0.25) is 5.91 Å². The average Bonchev–Trinajstić information content (AvgIpc) is 3.27. The molecule has 0 spiro atoms. The molecular weight excluding hydrogens is 657 g/mol. The molecule has 0 saturated carbocycles. The van der Waals surface area contributed by atoms with E-state index in [1.54, 1.807) is 9.80 Å². The molecule has 15 heteroatoms. The molecule has 2 aliphatic rings. The highest BCUT2D eigenvalue weighted by molar-refractivity contribution is 7.99. The van der Waals surface area contributed by atoms with Crippen LogP contribution in [0.1, 0.15) is 40.2 Å². The Kier molecular flexibility index (Phi) is 8.32. The van der Waals surface area contributed by atoms with Crippen molar-refractivity contribution in [1.29, 1.82) is 0 Å². The van der Waals surface area contributed by atoms with E-state index in [1.807, 2.05) is 34.6 Å². The molecule has 4 aromatic rings. The Balaban J connectivity index is 1.67. The molecule has 6 rings (SSSR count). The van der Waals surface area contributed by atoms with Crippen molar-refractivity contribution >= 4 is 61.1 Å². The first kappa shape index (κ1) is 33.2. The zero-order valence-electron chi connectivity index (χ0n) is 26.4. The van der Waals surface area contributed by atoms with E-state index < -0.39 is 35.0 Å². The average molecular weight is 691 g/mol. The predicted molar refractivity (Wildman–Crippen MR) is 178 cm³/mol. The second-order valence-electron chi connectivity index (χ2n) is 12.9. The van der Waals surface area contributed by atoms with Crippen LogP contribution in [0.15, 0.2) is 40.5 Å². The number of halogens is 4. The number of hydrogen-bond acceptors (Lipinski definition) is 9. The summed E-state index contributed by atoms with van der Waals surface area (Å²) in [6.07, 6.45) is -4.17. The quantitative estimate of drug-likeness (QED) is 0.196. The maximum absolute atomic E-state index is 15.2. The summed E-state index contributed by atoms with van der Waals surface area (Å²) in [6.45, 7) is 13.4. The van der Waals surface area contributed by atoms with Gasteiger partial charge in [-0.3, -0.25) is 9.36 Å². The third kappa shape index (κ3) is 5.97.